The molecule has 1 spiro atoms. The Morgan fingerprint density at radius 2 is 2.10 bits per heavy atom. The van der Waals surface area contributed by atoms with Gasteiger partial charge in [0.25, 0.3) is 0 Å². The summed E-state index contributed by atoms with van der Waals surface area (Å²) in [6, 6.07) is 2.20. The number of fused-ring (bicyclic) bond motifs is 1. The molecule has 0 unspecified atom stereocenters. The Morgan fingerprint density at radius 3 is 2.70 bits per heavy atom. The van der Waals surface area contributed by atoms with Crippen LogP contribution >= 0.6 is 11.6 Å². The van der Waals surface area contributed by atoms with E-state index in [1.165, 1.54) is 0 Å². The fraction of sp³-hybridized carbons (Fsp3) is 0.571. The Hall–Kier alpha value is -1.33. The van der Waals surface area contributed by atoms with Crippen LogP contribution in [0.5, 0.6) is 0 Å². The third kappa shape index (κ3) is 1.66. The summed E-state index contributed by atoms with van der Waals surface area (Å²) in [6.45, 7) is 8.08. The van der Waals surface area contributed by atoms with Crippen LogP contribution in [0.4, 0.5) is 5.82 Å². The standard InChI is InChI=1S/C14H17ClN4O/c1-9(2)19-11-3-12(15)16-4-10(11)13(17-19)18-5-14(6-18)7-20-8-14/h3-4,9H,5-8H2,1-2H3. The van der Waals surface area contributed by atoms with Gasteiger partial charge in [-0.05, 0) is 13.8 Å². The molecule has 2 aromatic heterocycles. The lowest BCUT2D eigenvalue weighted by molar-refractivity contribution is -0.127. The molecule has 0 aliphatic carbocycles. The maximum Gasteiger partial charge on any atom is 0.160 e. The molecule has 0 amide bonds. The molecule has 106 valence electrons. The maximum absolute atomic E-state index is 6.03. The number of rotatable bonds is 2. The second-order valence-corrected chi connectivity index (χ2v) is 6.62. The zero-order valence-electron chi connectivity index (χ0n) is 11.6. The van der Waals surface area contributed by atoms with E-state index in [1.807, 2.05) is 16.9 Å². The molecule has 20 heavy (non-hydrogen) atoms. The number of ether oxygens (including phenoxy) is 1. The van der Waals surface area contributed by atoms with Gasteiger partial charge >= 0.3 is 0 Å². The highest BCUT2D eigenvalue weighted by molar-refractivity contribution is 6.30. The summed E-state index contributed by atoms with van der Waals surface area (Å²) in [5.41, 5.74) is 1.44. The predicted octanol–water partition coefficient (Wildman–Crippen LogP) is 2.50. The van der Waals surface area contributed by atoms with Gasteiger partial charge in [0.1, 0.15) is 5.15 Å². The van der Waals surface area contributed by atoms with Crippen molar-refractivity contribution in [2.75, 3.05) is 31.2 Å². The SMILES string of the molecule is CC(C)n1nc(N2CC3(COC3)C2)c2cnc(Cl)cc21. The smallest absolute Gasteiger partial charge is 0.160 e. The third-order valence-corrected chi connectivity index (χ3v) is 4.40. The van der Waals surface area contributed by atoms with Crippen molar-refractivity contribution >= 4 is 28.3 Å². The van der Waals surface area contributed by atoms with E-state index in [0.29, 0.717) is 16.6 Å². The van der Waals surface area contributed by atoms with Gasteiger partial charge in [0.05, 0.1) is 29.5 Å². The molecule has 4 rings (SSSR count). The molecular weight excluding hydrogens is 276 g/mol. The van der Waals surface area contributed by atoms with E-state index >= 15 is 0 Å². The summed E-state index contributed by atoms with van der Waals surface area (Å²) >= 11 is 6.03. The van der Waals surface area contributed by atoms with Gasteiger partial charge in [-0.25, -0.2) is 4.98 Å². The number of hydrogen-bond acceptors (Lipinski definition) is 4. The van der Waals surface area contributed by atoms with Crippen molar-refractivity contribution in [2.45, 2.75) is 19.9 Å². The van der Waals surface area contributed by atoms with Gasteiger partial charge in [-0.1, -0.05) is 11.6 Å². The minimum atomic E-state index is 0.298. The number of halogens is 1. The number of anilines is 1. The van der Waals surface area contributed by atoms with Crippen LogP contribution in [-0.4, -0.2) is 41.1 Å². The van der Waals surface area contributed by atoms with Gasteiger partial charge in [-0.3, -0.25) is 4.68 Å². The molecule has 0 aromatic carbocycles. The minimum absolute atomic E-state index is 0.298. The van der Waals surface area contributed by atoms with Crippen LogP contribution in [0.2, 0.25) is 5.15 Å². The molecule has 0 atom stereocenters. The first kappa shape index (κ1) is 12.4. The van der Waals surface area contributed by atoms with E-state index in [0.717, 1.165) is 43.0 Å². The van der Waals surface area contributed by atoms with Crippen LogP contribution in [-0.2, 0) is 4.74 Å². The zero-order valence-corrected chi connectivity index (χ0v) is 12.4. The van der Waals surface area contributed by atoms with Gasteiger partial charge < -0.3 is 9.64 Å². The second kappa shape index (κ2) is 4.09. The Morgan fingerprint density at radius 1 is 1.35 bits per heavy atom. The lowest BCUT2D eigenvalue weighted by Crippen LogP contribution is -2.66. The molecule has 5 nitrogen and oxygen atoms in total. The molecule has 0 radical (unpaired) electrons. The summed E-state index contributed by atoms with van der Waals surface area (Å²) in [5, 5.41) is 6.37. The maximum atomic E-state index is 6.03. The predicted molar refractivity (Wildman–Crippen MR) is 78.4 cm³/mol. The number of aromatic nitrogens is 3. The molecule has 2 aliphatic rings. The van der Waals surface area contributed by atoms with E-state index in [2.05, 4.69) is 23.7 Å². The van der Waals surface area contributed by atoms with Crippen LogP contribution in [0, 0.1) is 5.41 Å². The number of nitrogens with zero attached hydrogens (tertiary/aromatic N) is 4. The van der Waals surface area contributed by atoms with Crippen molar-refractivity contribution in [2.24, 2.45) is 5.41 Å². The summed E-state index contributed by atoms with van der Waals surface area (Å²) in [6.07, 6.45) is 1.83. The van der Waals surface area contributed by atoms with E-state index < -0.39 is 0 Å². The van der Waals surface area contributed by atoms with Crippen LogP contribution in [0.15, 0.2) is 12.3 Å². The van der Waals surface area contributed by atoms with Gasteiger partial charge in [0.2, 0.25) is 0 Å². The van der Waals surface area contributed by atoms with Gasteiger partial charge in [0, 0.05) is 31.4 Å². The lowest BCUT2D eigenvalue weighted by atomic mass is 9.78. The molecule has 2 saturated heterocycles. The fourth-order valence-corrected chi connectivity index (χ4v) is 3.26. The molecular formula is C14H17ClN4O. The van der Waals surface area contributed by atoms with Gasteiger partial charge in [0.15, 0.2) is 5.82 Å². The molecule has 6 heteroatoms. The normalized spacial score (nSPS) is 20.5. The monoisotopic (exact) mass is 292 g/mol. The quantitative estimate of drug-likeness (QED) is 0.798. The van der Waals surface area contributed by atoms with E-state index in [4.69, 9.17) is 21.4 Å². The first-order chi connectivity index (χ1) is 9.58. The molecule has 2 aliphatic heterocycles. The van der Waals surface area contributed by atoms with Gasteiger partial charge in [-0.15, -0.1) is 0 Å². The molecule has 0 N–H and O–H groups in total. The highest BCUT2D eigenvalue weighted by atomic mass is 35.5. The Bertz CT molecular complexity index is 669. The largest absolute Gasteiger partial charge is 0.380 e. The summed E-state index contributed by atoms with van der Waals surface area (Å²) in [7, 11) is 0. The first-order valence-electron chi connectivity index (χ1n) is 6.94. The van der Waals surface area contributed by atoms with E-state index in [9.17, 15) is 0 Å². The van der Waals surface area contributed by atoms with Crippen LogP contribution in [0.3, 0.4) is 0 Å². The minimum Gasteiger partial charge on any atom is -0.380 e. The highest BCUT2D eigenvalue weighted by Crippen LogP contribution is 2.42. The Labute approximate surface area is 122 Å². The Balaban J connectivity index is 1.76. The van der Waals surface area contributed by atoms with Crippen molar-refractivity contribution in [3.63, 3.8) is 0 Å². The lowest BCUT2D eigenvalue weighted by Gasteiger charge is -2.55. The molecule has 4 heterocycles. The summed E-state index contributed by atoms with van der Waals surface area (Å²) in [5.74, 6) is 1.02. The highest BCUT2D eigenvalue weighted by Gasteiger charge is 2.50. The van der Waals surface area contributed by atoms with E-state index in [1.54, 1.807) is 0 Å². The topological polar surface area (TPSA) is 43.2 Å². The van der Waals surface area contributed by atoms with Crippen molar-refractivity contribution < 1.29 is 4.74 Å². The van der Waals surface area contributed by atoms with Gasteiger partial charge in [-0.2, -0.15) is 5.10 Å². The van der Waals surface area contributed by atoms with Crippen molar-refractivity contribution in [3.8, 4) is 0 Å². The average Bonchev–Trinajstić information content (AvgIpc) is 2.64. The Kier molecular flexibility index (Phi) is 2.54. The van der Waals surface area contributed by atoms with Crippen LogP contribution in [0.1, 0.15) is 19.9 Å². The molecule has 2 aromatic rings. The second-order valence-electron chi connectivity index (χ2n) is 6.23. The van der Waals surface area contributed by atoms with Crippen LogP contribution < -0.4 is 4.90 Å². The average molecular weight is 293 g/mol. The molecule has 0 bridgehead atoms. The van der Waals surface area contributed by atoms with Crippen LogP contribution in [0.25, 0.3) is 10.9 Å². The van der Waals surface area contributed by atoms with Crippen molar-refractivity contribution in [1.29, 1.82) is 0 Å². The number of pyridine rings is 1. The number of hydrogen-bond donors (Lipinski definition) is 0. The molecule has 0 saturated carbocycles. The first-order valence-corrected chi connectivity index (χ1v) is 7.32. The summed E-state index contributed by atoms with van der Waals surface area (Å²) < 4.78 is 7.36. The zero-order chi connectivity index (χ0) is 13.9. The summed E-state index contributed by atoms with van der Waals surface area (Å²) in [4.78, 5) is 6.53. The fourth-order valence-electron chi connectivity index (χ4n) is 3.11. The third-order valence-electron chi connectivity index (χ3n) is 4.20. The van der Waals surface area contributed by atoms with Crippen molar-refractivity contribution in [1.82, 2.24) is 14.8 Å². The van der Waals surface area contributed by atoms with E-state index in [-0.39, 0.29) is 0 Å². The molecule has 2 fully saturated rings. The van der Waals surface area contributed by atoms with Crippen molar-refractivity contribution in [3.05, 3.63) is 17.4 Å².